The van der Waals surface area contributed by atoms with E-state index in [0.29, 0.717) is 17.5 Å². The van der Waals surface area contributed by atoms with Crippen molar-refractivity contribution in [3.63, 3.8) is 0 Å². The molecule has 0 heterocycles. The second-order valence-electron chi connectivity index (χ2n) is 6.10. The maximum absolute atomic E-state index is 10.9. The van der Waals surface area contributed by atoms with E-state index in [1.165, 1.54) is 0 Å². The molecule has 1 atom stereocenters. The predicted octanol–water partition coefficient (Wildman–Crippen LogP) is 1.85. The quantitative estimate of drug-likeness (QED) is 0.185. The van der Waals surface area contributed by atoms with Gasteiger partial charge in [-0.25, -0.2) is 9.36 Å². The lowest BCUT2D eigenvalue weighted by Gasteiger charge is -2.34. The van der Waals surface area contributed by atoms with Crippen LogP contribution in [0.15, 0.2) is 12.7 Å². The van der Waals surface area contributed by atoms with Crippen LogP contribution in [0.5, 0.6) is 0 Å². The molecule has 0 aliphatic heterocycles. The van der Waals surface area contributed by atoms with Gasteiger partial charge in [0.25, 0.3) is 0 Å². The molecule has 0 aliphatic carbocycles. The Labute approximate surface area is 132 Å². The number of phosphoric acid groups is 1. The Balaban J connectivity index is 3.99. The van der Waals surface area contributed by atoms with Crippen LogP contribution >= 0.6 is 7.82 Å². The number of unbranched alkanes of at least 4 members (excludes halogenated alkanes) is 2. The van der Waals surface area contributed by atoms with Crippen LogP contribution in [0.4, 0.5) is 0 Å². The van der Waals surface area contributed by atoms with Crippen molar-refractivity contribution in [2.45, 2.75) is 38.1 Å². The molecular formula is C14H29NO6P+. The fourth-order valence-corrected chi connectivity index (χ4v) is 2.46. The first-order valence-corrected chi connectivity index (χ1v) is 8.89. The van der Waals surface area contributed by atoms with E-state index in [9.17, 15) is 9.36 Å². The molecule has 22 heavy (non-hydrogen) atoms. The second kappa shape index (κ2) is 10.1. The minimum Gasteiger partial charge on any atom is -0.463 e. The Morgan fingerprint density at radius 2 is 1.82 bits per heavy atom. The van der Waals surface area contributed by atoms with Crippen molar-refractivity contribution in [3.05, 3.63) is 12.7 Å². The number of carbonyl (C=O) groups is 1. The van der Waals surface area contributed by atoms with Crippen LogP contribution in [-0.4, -0.2) is 60.6 Å². The van der Waals surface area contributed by atoms with E-state index in [-0.39, 0.29) is 12.6 Å². The summed E-state index contributed by atoms with van der Waals surface area (Å²) in [5.74, 6) is -0.404. The highest BCUT2D eigenvalue weighted by molar-refractivity contribution is 7.46. The zero-order valence-corrected chi connectivity index (χ0v) is 14.6. The minimum absolute atomic E-state index is 0.0431. The van der Waals surface area contributed by atoms with Gasteiger partial charge in [-0.15, -0.1) is 0 Å². The van der Waals surface area contributed by atoms with Crippen molar-refractivity contribution in [2.24, 2.45) is 0 Å². The molecule has 1 unspecified atom stereocenters. The molecule has 0 saturated heterocycles. The van der Waals surface area contributed by atoms with Crippen molar-refractivity contribution in [1.82, 2.24) is 0 Å². The Morgan fingerprint density at radius 3 is 2.32 bits per heavy atom. The average Bonchev–Trinajstić information content (AvgIpc) is 2.37. The minimum atomic E-state index is -4.39. The molecule has 8 heteroatoms. The topological polar surface area (TPSA) is 93.1 Å². The number of ether oxygens (including phenoxy) is 1. The molecule has 7 nitrogen and oxygen atoms in total. The highest BCUT2D eigenvalue weighted by Gasteiger charge is 2.24. The van der Waals surface area contributed by atoms with Gasteiger partial charge in [-0.05, 0) is 25.7 Å². The van der Waals surface area contributed by atoms with Gasteiger partial charge in [-0.2, -0.15) is 0 Å². The summed E-state index contributed by atoms with van der Waals surface area (Å²) < 4.78 is 20.8. The number of nitrogens with zero attached hydrogens (tertiary/aromatic N) is 1. The summed E-state index contributed by atoms with van der Waals surface area (Å²) in [5.41, 5.74) is 0. The zero-order chi connectivity index (χ0) is 17.2. The zero-order valence-electron chi connectivity index (χ0n) is 13.7. The lowest BCUT2D eigenvalue weighted by Crippen LogP contribution is -2.45. The molecule has 130 valence electrons. The summed E-state index contributed by atoms with van der Waals surface area (Å²) >= 11 is 0. The smallest absolute Gasteiger partial charge is 0.463 e. The summed E-state index contributed by atoms with van der Waals surface area (Å²) in [4.78, 5) is 28.3. The molecule has 0 spiro atoms. The van der Waals surface area contributed by atoms with Gasteiger partial charge in [0.1, 0.15) is 0 Å². The normalized spacial score (nSPS) is 13.7. The summed E-state index contributed by atoms with van der Waals surface area (Å²) in [6, 6.07) is 0.252. The molecule has 0 saturated carbocycles. The Morgan fingerprint density at radius 1 is 1.18 bits per heavy atom. The van der Waals surface area contributed by atoms with Gasteiger partial charge in [-0.1, -0.05) is 6.58 Å². The van der Waals surface area contributed by atoms with Gasteiger partial charge in [0, 0.05) is 12.5 Å². The fourth-order valence-electron chi connectivity index (χ4n) is 2.12. The molecule has 0 fully saturated rings. The van der Waals surface area contributed by atoms with E-state index in [2.05, 4.69) is 11.1 Å². The van der Waals surface area contributed by atoms with Crippen LogP contribution in [0.1, 0.15) is 32.1 Å². The monoisotopic (exact) mass is 338 g/mol. The van der Waals surface area contributed by atoms with Gasteiger partial charge < -0.3 is 19.0 Å². The van der Waals surface area contributed by atoms with Crippen LogP contribution in [0.3, 0.4) is 0 Å². The van der Waals surface area contributed by atoms with Gasteiger partial charge in [0.15, 0.2) is 0 Å². The third kappa shape index (κ3) is 11.9. The lowest BCUT2D eigenvalue weighted by atomic mass is 10.0. The third-order valence-corrected chi connectivity index (χ3v) is 3.92. The Hall–Kier alpha value is -0.720. The van der Waals surface area contributed by atoms with Crippen molar-refractivity contribution in [2.75, 3.05) is 34.4 Å². The predicted molar refractivity (Wildman–Crippen MR) is 84.1 cm³/mol. The maximum Gasteiger partial charge on any atom is 0.469 e. The average molecular weight is 338 g/mol. The number of esters is 1. The standard InChI is InChI=1S/C14H28NO6P/c1-5-14(16)20-11-8-6-7-9-13(15(2,3)4)10-12-21-22(17,18)19/h5,13H,1,6-12H2,2-4H3,(H-,17,18,19)/p+1. The van der Waals surface area contributed by atoms with Gasteiger partial charge in [0.2, 0.25) is 0 Å². The molecule has 0 aliphatic rings. The van der Waals surface area contributed by atoms with Crippen LogP contribution in [0.2, 0.25) is 0 Å². The highest BCUT2D eigenvalue weighted by atomic mass is 31.2. The maximum atomic E-state index is 10.9. The van der Waals surface area contributed by atoms with Gasteiger partial charge in [-0.3, -0.25) is 4.52 Å². The molecule has 0 bridgehead atoms. The molecule has 0 amide bonds. The van der Waals surface area contributed by atoms with Crippen molar-refractivity contribution in [1.29, 1.82) is 0 Å². The number of phosphoric ester groups is 1. The van der Waals surface area contributed by atoms with Crippen LogP contribution in [-0.2, 0) is 18.6 Å². The molecule has 2 N–H and O–H groups in total. The number of rotatable bonds is 12. The number of hydrogen-bond donors (Lipinski definition) is 2. The van der Waals surface area contributed by atoms with Crippen LogP contribution in [0, 0.1) is 0 Å². The molecule has 0 aromatic carbocycles. The third-order valence-electron chi connectivity index (χ3n) is 3.40. The summed E-state index contributed by atoms with van der Waals surface area (Å²) in [5, 5.41) is 0. The number of carbonyl (C=O) groups excluding carboxylic acids is 1. The number of quaternary nitrogens is 1. The van der Waals surface area contributed by atoms with Crippen molar-refractivity contribution >= 4 is 13.8 Å². The largest absolute Gasteiger partial charge is 0.469 e. The fraction of sp³-hybridized carbons (Fsp3) is 0.786. The Kier molecular flexibility index (Phi) is 9.80. The van der Waals surface area contributed by atoms with E-state index in [0.717, 1.165) is 31.8 Å². The molecule has 0 aromatic rings. The molecule has 0 radical (unpaired) electrons. The first-order valence-electron chi connectivity index (χ1n) is 7.36. The van der Waals surface area contributed by atoms with E-state index in [1.54, 1.807) is 0 Å². The van der Waals surface area contributed by atoms with E-state index in [4.69, 9.17) is 14.5 Å². The highest BCUT2D eigenvalue weighted by Crippen LogP contribution is 2.36. The van der Waals surface area contributed by atoms with Crippen LogP contribution in [0.25, 0.3) is 0 Å². The van der Waals surface area contributed by atoms with Gasteiger partial charge in [0.05, 0.1) is 40.4 Å². The van der Waals surface area contributed by atoms with E-state index >= 15 is 0 Å². The first kappa shape index (κ1) is 21.3. The molecular weight excluding hydrogens is 309 g/mol. The summed E-state index contributed by atoms with van der Waals surface area (Å²) in [6.45, 7) is 3.76. The summed E-state index contributed by atoms with van der Waals surface area (Å²) in [6.07, 6.45) is 5.34. The van der Waals surface area contributed by atoms with Crippen molar-refractivity contribution < 1.29 is 32.9 Å². The van der Waals surface area contributed by atoms with Crippen molar-refractivity contribution in [3.8, 4) is 0 Å². The van der Waals surface area contributed by atoms with Crippen LogP contribution < -0.4 is 0 Å². The second-order valence-corrected chi connectivity index (χ2v) is 7.34. The van der Waals surface area contributed by atoms with E-state index in [1.807, 2.05) is 21.1 Å². The first-order chi connectivity index (χ1) is 10.1. The van der Waals surface area contributed by atoms with Gasteiger partial charge >= 0.3 is 13.8 Å². The Bertz CT molecular complexity index is 387. The lowest BCUT2D eigenvalue weighted by molar-refractivity contribution is -0.896. The SMILES string of the molecule is C=CC(=O)OCCCCCC(CCOP(=O)(O)O)[N+](C)(C)C. The summed E-state index contributed by atoms with van der Waals surface area (Å²) in [7, 11) is 1.76. The van der Waals surface area contributed by atoms with E-state index < -0.39 is 13.8 Å². The molecule has 0 aromatic heterocycles. The molecule has 0 rings (SSSR count). The number of hydrogen-bond acceptors (Lipinski definition) is 4.